The molecule has 0 saturated carbocycles. The van der Waals surface area contributed by atoms with Crippen LogP contribution in [0.3, 0.4) is 0 Å². The van der Waals surface area contributed by atoms with Crippen molar-refractivity contribution < 1.29 is 18.7 Å². The summed E-state index contributed by atoms with van der Waals surface area (Å²) in [6.45, 7) is 4.54. The Morgan fingerprint density at radius 3 is 2.66 bits per heavy atom. The van der Waals surface area contributed by atoms with Gasteiger partial charge in [0.15, 0.2) is 6.73 Å². The van der Waals surface area contributed by atoms with E-state index in [-0.39, 0.29) is 18.6 Å². The number of hydrogen-bond acceptors (Lipinski definition) is 7. The van der Waals surface area contributed by atoms with Crippen LogP contribution < -0.4 is 11.1 Å². The number of hydrogen-bond donors (Lipinski definition) is 2. The maximum Gasteiger partial charge on any atom is 0.324 e. The van der Waals surface area contributed by atoms with Gasteiger partial charge in [0.2, 0.25) is 11.9 Å². The summed E-state index contributed by atoms with van der Waals surface area (Å²) in [5, 5.41) is 3.62. The molecule has 9 nitrogen and oxygen atoms in total. The molecule has 1 amide bonds. The number of aromatic nitrogens is 3. The largest absolute Gasteiger partial charge is 0.443 e. The SMILES string of the molecule is CC(C)CC(N)C(=O)OCn1cc(-c2ccnc(F)c2)c2cc(-c3cccc(NC(=O)C=CCN(C)C)c3)cnc21. The Morgan fingerprint density at radius 1 is 1.12 bits per heavy atom. The first-order valence-electron chi connectivity index (χ1n) is 13.4. The standard InChI is InChI=1S/C31H35FN6O3/c1-20(2)13-27(33)31(40)41-19-38-18-26(22-10-11-34-28(32)16-22)25-15-23(17-35-30(25)38)21-7-5-8-24(14-21)36-29(39)9-6-12-37(3)4/h5-11,14-18,20,27H,12-13,19,33H2,1-4H3,(H,36,39). The number of carbonyl (C=O) groups is 2. The zero-order chi connectivity index (χ0) is 29.5. The molecule has 3 heterocycles. The van der Waals surface area contributed by atoms with Gasteiger partial charge in [-0.3, -0.25) is 14.2 Å². The van der Waals surface area contributed by atoms with Crippen LogP contribution in [-0.4, -0.2) is 58.0 Å². The second-order valence-corrected chi connectivity index (χ2v) is 10.5. The fraction of sp³-hybridized carbons (Fsp3) is 0.290. The van der Waals surface area contributed by atoms with Crippen LogP contribution in [0.4, 0.5) is 10.1 Å². The van der Waals surface area contributed by atoms with Crippen LogP contribution in [-0.2, 0) is 21.1 Å². The van der Waals surface area contributed by atoms with Crippen molar-refractivity contribution in [3.05, 3.63) is 79.2 Å². The summed E-state index contributed by atoms with van der Waals surface area (Å²) in [6, 6.07) is 11.7. The Morgan fingerprint density at radius 2 is 1.93 bits per heavy atom. The average molecular weight is 559 g/mol. The molecule has 214 valence electrons. The van der Waals surface area contributed by atoms with E-state index >= 15 is 0 Å². The van der Waals surface area contributed by atoms with Gasteiger partial charge in [-0.25, -0.2) is 9.97 Å². The Balaban J connectivity index is 1.65. The lowest BCUT2D eigenvalue weighted by atomic mass is 10.0. The number of fused-ring (bicyclic) bond motifs is 1. The second kappa shape index (κ2) is 13.3. The third-order valence-corrected chi connectivity index (χ3v) is 6.33. The van der Waals surface area contributed by atoms with E-state index in [1.165, 1.54) is 18.3 Å². The number of nitrogens with two attached hydrogens (primary N) is 1. The van der Waals surface area contributed by atoms with Crippen molar-refractivity contribution in [3.63, 3.8) is 0 Å². The van der Waals surface area contributed by atoms with Crippen LogP contribution in [0.25, 0.3) is 33.3 Å². The molecule has 0 aliphatic rings. The quantitative estimate of drug-likeness (QED) is 0.154. The molecule has 10 heteroatoms. The monoisotopic (exact) mass is 558 g/mol. The molecule has 1 unspecified atom stereocenters. The Bertz CT molecular complexity index is 1560. The number of halogens is 1. The van der Waals surface area contributed by atoms with E-state index in [1.54, 1.807) is 29.1 Å². The molecule has 4 rings (SSSR count). The smallest absolute Gasteiger partial charge is 0.324 e. The molecule has 0 fully saturated rings. The Kier molecular flexibility index (Phi) is 9.59. The highest BCUT2D eigenvalue weighted by Gasteiger charge is 2.19. The summed E-state index contributed by atoms with van der Waals surface area (Å²) >= 11 is 0. The number of pyridine rings is 2. The van der Waals surface area contributed by atoms with E-state index in [1.807, 2.05) is 63.2 Å². The van der Waals surface area contributed by atoms with Crippen molar-refractivity contribution in [2.75, 3.05) is 26.0 Å². The van der Waals surface area contributed by atoms with Gasteiger partial charge < -0.3 is 20.7 Å². The number of rotatable bonds is 11. The minimum absolute atomic E-state index is 0.0934. The van der Waals surface area contributed by atoms with Gasteiger partial charge >= 0.3 is 5.97 Å². The number of nitrogens with one attached hydrogen (secondary N) is 1. The molecule has 0 bridgehead atoms. The maximum atomic E-state index is 14.1. The van der Waals surface area contributed by atoms with Gasteiger partial charge in [-0.05, 0) is 61.8 Å². The third kappa shape index (κ3) is 7.84. The number of ether oxygens (including phenoxy) is 1. The van der Waals surface area contributed by atoms with Crippen LogP contribution in [0, 0.1) is 11.9 Å². The summed E-state index contributed by atoms with van der Waals surface area (Å²) in [5.41, 5.74) is 10.1. The van der Waals surface area contributed by atoms with Crippen LogP contribution in [0.15, 0.2) is 73.2 Å². The summed E-state index contributed by atoms with van der Waals surface area (Å²) in [4.78, 5) is 35.1. The normalized spacial score (nSPS) is 12.4. The highest BCUT2D eigenvalue weighted by Crippen LogP contribution is 2.33. The van der Waals surface area contributed by atoms with Gasteiger partial charge in [-0.1, -0.05) is 32.1 Å². The first-order chi connectivity index (χ1) is 19.6. The lowest BCUT2D eigenvalue weighted by molar-refractivity contribution is -0.149. The number of carbonyl (C=O) groups excluding carboxylic acids is 2. The number of benzene rings is 1. The zero-order valence-electron chi connectivity index (χ0n) is 23.7. The van der Waals surface area contributed by atoms with Crippen LogP contribution in [0.1, 0.15) is 20.3 Å². The van der Waals surface area contributed by atoms with Crippen LogP contribution >= 0.6 is 0 Å². The molecular formula is C31H35FN6O3. The fourth-order valence-corrected chi connectivity index (χ4v) is 4.40. The molecule has 0 radical (unpaired) electrons. The van der Waals surface area contributed by atoms with Crippen molar-refractivity contribution >= 4 is 28.6 Å². The van der Waals surface area contributed by atoms with E-state index in [9.17, 15) is 14.0 Å². The number of amides is 1. The van der Waals surface area contributed by atoms with Crippen molar-refractivity contribution in [2.45, 2.75) is 33.0 Å². The average Bonchev–Trinajstić information content (AvgIpc) is 3.29. The lowest BCUT2D eigenvalue weighted by Gasteiger charge is -2.14. The minimum atomic E-state index is -0.721. The van der Waals surface area contributed by atoms with E-state index in [0.717, 1.165) is 16.5 Å². The number of nitrogens with zero attached hydrogens (tertiary/aromatic N) is 4. The number of likely N-dealkylation sites (N-methyl/N-ethyl adjacent to an activating group) is 1. The highest BCUT2D eigenvalue weighted by atomic mass is 19.1. The molecule has 0 aliphatic heterocycles. The molecule has 0 saturated heterocycles. The molecule has 1 aromatic carbocycles. The second-order valence-electron chi connectivity index (χ2n) is 10.5. The number of anilines is 1. The summed E-state index contributed by atoms with van der Waals surface area (Å²) in [5.74, 6) is -1.07. The number of esters is 1. The topological polar surface area (TPSA) is 115 Å². The van der Waals surface area contributed by atoms with Gasteiger partial charge in [0.25, 0.3) is 0 Å². The maximum absolute atomic E-state index is 14.1. The molecule has 0 spiro atoms. The van der Waals surface area contributed by atoms with Crippen LogP contribution in [0.2, 0.25) is 0 Å². The molecule has 0 aliphatic carbocycles. The lowest BCUT2D eigenvalue weighted by Crippen LogP contribution is -2.33. The van der Waals surface area contributed by atoms with E-state index in [0.29, 0.717) is 35.4 Å². The zero-order valence-corrected chi connectivity index (χ0v) is 23.7. The predicted octanol–water partition coefficient (Wildman–Crippen LogP) is 4.83. The first-order valence-corrected chi connectivity index (χ1v) is 13.4. The first kappa shape index (κ1) is 29.6. The third-order valence-electron chi connectivity index (χ3n) is 6.33. The fourth-order valence-electron chi connectivity index (χ4n) is 4.40. The summed E-state index contributed by atoms with van der Waals surface area (Å²) < 4.78 is 21.3. The van der Waals surface area contributed by atoms with Gasteiger partial charge in [0.05, 0.1) is 0 Å². The Hall–Kier alpha value is -4.41. The van der Waals surface area contributed by atoms with Gasteiger partial charge in [-0.15, -0.1) is 0 Å². The molecule has 1 atom stereocenters. The van der Waals surface area contributed by atoms with Crippen LogP contribution in [0.5, 0.6) is 0 Å². The Labute approximate surface area is 238 Å². The van der Waals surface area contributed by atoms with E-state index < -0.39 is 18.0 Å². The predicted molar refractivity (Wildman–Crippen MR) is 158 cm³/mol. The van der Waals surface area contributed by atoms with Crippen molar-refractivity contribution in [1.82, 2.24) is 19.4 Å². The van der Waals surface area contributed by atoms with Crippen molar-refractivity contribution in [3.8, 4) is 22.3 Å². The van der Waals surface area contributed by atoms with E-state index in [4.69, 9.17) is 10.5 Å². The molecular weight excluding hydrogens is 523 g/mol. The van der Waals surface area contributed by atoms with Gasteiger partial charge in [-0.2, -0.15) is 4.39 Å². The van der Waals surface area contributed by atoms with E-state index in [2.05, 4.69) is 15.3 Å². The molecule has 4 aromatic rings. The molecule has 3 aromatic heterocycles. The van der Waals surface area contributed by atoms with Crippen molar-refractivity contribution in [1.29, 1.82) is 0 Å². The van der Waals surface area contributed by atoms with Crippen molar-refractivity contribution in [2.24, 2.45) is 11.7 Å². The summed E-state index contributed by atoms with van der Waals surface area (Å²) in [6.07, 6.45) is 8.69. The highest BCUT2D eigenvalue weighted by molar-refractivity contribution is 6.00. The van der Waals surface area contributed by atoms with Gasteiger partial charge in [0, 0.05) is 59.5 Å². The minimum Gasteiger partial charge on any atom is -0.443 e. The van der Waals surface area contributed by atoms with Gasteiger partial charge in [0.1, 0.15) is 11.7 Å². The molecule has 41 heavy (non-hydrogen) atoms. The molecule has 3 N–H and O–H groups in total. The summed E-state index contributed by atoms with van der Waals surface area (Å²) in [7, 11) is 3.86.